The normalized spacial score (nSPS) is 11.8. The van der Waals surface area contributed by atoms with Gasteiger partial charge in [-0.25, -0.2) is 4.98 Å². The lowest BCUT2D eigenvalue weighted by molar-refractivity contribution is 0.0934. The topological polar surface area (TPSA) is 54.0 Å². The fraction of sp³-hybridized carbons (Fsp3) is 0.333. The molecule has 0 saturated heterocycles. The van der Waals surface area contributed by atoms with E-state index >= 15 is 0 Å². The van der Waals surface area contributed by atoms with Crippen molar-refractivity contribution >= 4 is 11.6 Å². The maximum absolute atomic E-state index is 12.0. The Labute approximate surface area is 132 Å². The minimum Gasteiger partial charge on any atom is -0.380 e. The standard InChI is InChI=1S/C18H23N3O/c1-4-14(3)21-18(22)17-10-9-16(12-20-17)19-11-15-8-6-5-7-13(15)2/h5-10,12,14,19H,4,11H2,1-3H3,(H,21,22). The van der Waals surface area contributed by atoms with E-state index in [1.165, 1.54) is 11.1 Å². The molecule has 0 saturated carbocycles. The van der Waals surface area contributed by atoms with Gasteiger partial charge in [-0.2, -0.15) is 0 Å². The fourth-order valence-electron chi connectivity index (χ4n) is 2.04. The van der Waals surface area contributed by atoms with Gasteiger partial charge in [0.15, 0.2) is 0 Å². The smallest absolute Gasteiger partial charge is 0.270 e. The van der Waals surface area contributed by atoms with Crippen LogP contribution in [0.25, 0.3) is 0 Å². The summed E-state index contributed by atoms with van der Waals surface area (Å²) in [6.07, 6.45) is 2.60. The number of amides is 1. The van der Waals surface area contributed by atoms with E-state index < -0.39 is 0 Å². The molecule has 22 heavy (non-hydrogen) atoms. The van der Waals surface area contributed by atoms with Gasteiger partial charge in [0, 0.05) is 12.6 Å². The molecule has 116 valence electrons. The Hall–Kier alpha value is -2.36. The SMILES string of the molecule is CCC(C)NC(=O)c1ccc(NCc2ccccc2C)cn1. The van der Waals surface area contributed by atoms with Crippen molar-refractivity contribution in [3.05, 3.63) is 59.4 Å². The molecule has 2 rings (SSSR count). The zero-order valence-electron chi connectivity index (χ0n) is 13.4. The summed E-state index contributed by atoms with van der Waals surface area (Å²) in [7, 11) is 0. The Morgan fingerprint density at radius 3 is 2.64 bits per heavy atom. The molecule has 2 aromatic rings. The van der Waals surface area contributed by atoms with Crippen LogP contribution in [0.15, 0.2) is 42.6 Å². The van der Waals surface area contributed by atoms with Crippen LogP contribution in [-0.4, -0.2) is 16.9 Å². The molecule has 0 aliphatic carbocycles. The second-order valence-corrected chi connectivity index (χ2v) is 5.49. The van der Waals surface area contributed by atoms with E-state index in [2.05, 4.69) is 34.7 Å². The van der Waals surface area contributed by atoms with Crippen LogP contribution < -0.4 is 10.6 Å². The number of aromatic nitrogens is 1. The number of carbonyl (C=O) groups excluding carboxylic acids is 1. The molecule has 0 fully saturated rings. The number of hydrogen-bond donors (Lipinski definition) is 2. The van der Waals surface area contributed by atoms with E-state index in [1.807, 2.05) is 32.0 Å². The first-order valence-electron chi connectivity index (χ1n) is 7.65. The monoisotopic (exact) mass is 297 g/mol. The third kappa shape index (κ3) is 4.32. The predicted molar refractivity (Wildman–Crippen MR) is 90.0 cm³/mol. The average molecular weight is 297 g/mol. The first kappa shape index (κ1) is 16.0. The zero-order chi connectivity index (χ0) is 15.9. The van der Waals surface area contributed by atoms with Gasteiger partial charge in [0.2, 0.25) is 0 Å². The Morgan fingerprint density at radius 2 is 2.00 bits per heavy atom. The number of carbonyl (C=O) groups is 1. The summed E-state index contributed by atoms with van der Waals surface area (Å²) >= 11 is 0. The highest BCUT2D eigenvalue weighted by Gasteiger charge is 2.09. The molecule has 1 atom stereocenters. The first-order valence-corrected chi connectivity index (χ1v) is 7.65. The van der Waals surface area contributed by atoms with Crippen LogP contribution in [0, 0.1) is 6.92 Å². The summed E-state index contributed by atoms with van der Waals surface area (Å²) in [5, 5.41) is 6.23. The molecule has 1 aromatic carbocycles. The predicted octanol–water partition coefficient (Wildman–Crippen LogP) is 3.53. The van der Waals surface area contributed by atoms with Crippen molar-refractivity contribution in [2.24, 2.45) is 0 Å². The molecule has 0 aliphatic heterocycles. The molecule has 0 aliphatic rings. The Balaban J connectivity index is 1.95. The van der Waals surface area contributed by atoms with Gasteiger partial charge in [0.1, 0.15) is 5.69 Å². The molecule has 0 bridgehead atoms. The fourth-order valence-corrected chi connectivity index (χ4v) is 2.04. The molecule has 0 radical (unpaired) electrons. The lowest BCUT2D eigenvalue weighted by Crippen LogP contribution is -2.32. The second-order valence-electron chi connectivity index (χ2n) is 5.49. The minimum absolute atomic E-state index is 0.125. The van der Waals surface area contributed by atoms with Gasteiger partial charge < -0.3 is 10.6 Å². The molecular weight excluding hydrogens is 274 g/mol. The minimum atomic E-state index is -0.125. The largest absolute Gasteiger partial charge is 0.380 e. The molecule has 1 heterocycles. The van der Waals surface area contributed by atoms with Crippen molar-refractivity contribution in [3.8, 4) is 0 Å². The number of anilines is 1. The molecule has 1 aromatic heterocycles. The van der Waals surface area contributed by atoms with E-state index in [9.17, 15) is 4.79 Å². The first-order chi connectivity index (χ1) is 10.6. The van der Waals surface area contributed by atoms with Gasteiger partial charge in [-0.3, -0.25) is 4.79 Å². The van der Waals surface area contributed by atoms with Gasteiger partial charge in [-0.1, -0.05) is 31.2 Å². The van der Waals surface area contributed by atoms with Gasteiger partial charge >= 0.3 is 0 Å². The van der Waals surface area contributed by atoms with Crippen LogP contribution >= 0.6 is 0 Å². The highest BCUT2D eigenvalue weighted by molar-refractivity contribution is 5.92. The highest BCUT2D eigenvalue weighted by Crippen LogP contribution is 2.12. The third-order valence-corrected chi connectivity index (χ3v) is 3.73. The number of pyridine rings is 1. The zero-order valence-corrected chi connectivity index (χ0v) is 13.4. The van der Waals surface area contributed by atoms with Crippen LogP contribution in [0.2, 0.25) is 0 Å². The van der Waals surface area contributed by atoms with Crippen molar-refractivity contribution in [2.75, 3.05) is 5.32 Å². The summed E-state index contributed by atoms with van der Waals surface area (Å²) < 4.78 is 0. The van der Waals surface area contributed by atoms with Crippen LogP contribution in [-0.2, 0) is 6.54 Å². The van der Waals surface area contributed by atoms with Crippen LogP contribution in [0.5, 0.6) is 0 Å². The van der Waals surface area contributed by atoms with E-state index in [0.717, 1.165) is 18.7 Å². The molecule has 2 N–H and O–H groups in total. The molecule has 4 nitrogen and oxygen atoms in total. The van der Waals surface area contributed by atoms with E-state index in [4.69, 9.17) is 0 Å². The molecular formula is C18H23N3O. The lowest BCUT2D eigenvalue weighted by Gasteiger charge is -2.12. The summed E-state index contributed by atoms with van der Waals surface area (Å²) in [5.41, 5.74) is 3.86. The van der Waals surface area contributed by atoms with Crippen molar-refractivity contribution in [2.45, 2.75) is 39.8 Å². The number of rotatable bonds is 6. The lowest BCUT2D eigenvalue weighted by atomic mass is 10.1. The van der Waals surface area contributed by atoms with Gasteiger partial charge in [-0.05, 0) is 43.5 Å². The number of benzene rings is 1. The quantitative estimate of drug-likeness (QED) is 0.857. The van der Waals surface area contributed by atoms with Crippen molar-refractivity contribution in [1.82, 2.24) is 10.3 Å². The van der Waals surface area contributed by atoms with Crippen molar-refractivity contribution < 1.29 is 4.79 Å². The maximum Gasteiger partial charge on any atom is 0.270 e. The van der Waals surface area contributed by atoms with Gasteiger partial charge in [0.05, 0.1) is 11.9 Å². The van der Waals surface area contributed by atoms with E-state index in [0.29, 0.717) is 5.69 Å². The Kier molecular flexibility index (Phi) is 5.53. The van der Waals surface area contributed by atoms with Crippen LogP contribution in [0.4, 0.5) is 5.69 Å². The summed E-state index contributed by atoms with van der Waals surface area (Å²) in [6.45, 7) is 6.86. The van der Waals surface area contributed by atoms with Crippen molar-refractivity contribution in [3.63, 3.8) is 0 Å². The molecule has 1 amide bonds. The molecule has 1 unspecified atom stereocenters. The summed E-state index contributed by atoms with van der Waals surface area (Å²) in [5.74, 6) is -0.125. The molecule has 4 heteroatoms. The number of nitrogens with zero attached hydrogens (tertiary/aromatic N) is 1. The Bertz CT molecular complexity index is 622. The average Bonchev–Trinajstić information content (AvgIpc) is 2.54. The van der Waals surface area contributed by atoms with E-state index in [1.54, 1.807) is 12.3 Å². The highest BCUT2D eigenvalue weighted by atomic mass is 16.1. The van der Waals surface area contributed by atoms with Gasteiger partial charge in [-0.15, -0.1) is 0 Å². The molecule has 0 spiro atoms. The number of hydrogen-bond acceptors (Lipinski definition) is 3. The third-order valence-electron chi connectivity index (χ3n) is 3.73. The van der Waals surface area contributed by atoms with E-state index in [-0.39, 0.29) is 11.9 Å². The van der Waals surface area contributed by atoms with Crippen LogP contribution in [0.1, 0.15) is 41.9 Å². The maximum atomic E-state index is 12.0. The second kappa shape index (κ2) is 7.59. The summed E-state index contributed by atoms with van der Waals surface area (Å²) in [4.78, 5) is 16.2. The number of nitrogens with one attached hydrogen (secondary N) is 2. The number of aryl methyl sites for hydroxylation is 1. The van der Waals surface area contributed by atoms with Gasteiger partial charge in [0.25, 0.3) is 5.91 Å². The van der Waals surface area contributed by atoms with Crippen LogP contribution in [0.3, 0.4) is 0 Å². The van der Waals surface area contributed by atoms with Crippen molar-refractivity contribution in [1.29, 1.82) is 0 Å². The Morgan fingerprint density at radius 1 is 1.23 bits per heavy atom. The summed E-state index contributed by atoms with van der Waals surface area (Å²) in [6, 6.07) is 12.1.